The van der Waals surface area contributed by atoms with Crippen molar-refractivity contribution in [3.8, 4) is 5.75 Å². The highest BCUT2D eigenvalue weighted by Crippen LogP contribution is 2.20. The van der Waals surface area contributed by atoms with Gasteiger partial charge in [-0.05, 0) is 49.9 Å². The molecule has 2 rings (SSSR count). The molecule has 20 heavy (non-hydrogen) atoms. The molecule has 2 aromatic carbocycles. The number of benzene rings is 2. The van der Waals surface area contributed by atoms with Gasteiger partial charge in [0.2, 0.25) is 0 Å². The summed E-state index contributed by atoms with van der Waals surface area (Å²) in [4.78, 5) is 0. The zero-order valence-electron chi connectivity index (χ0n) is 12.3. The number of ether oxygens (including phenoxy) is 1. The van der Waals surface area contributed by atoms with Crippen LogP contribution in [-0.4, -0.2) is 6.10 Å². The SMILES string of the molecule is CC(C)Oc1ccc(C(N)CCc2ccccc2)cc1. The first kappa shape index (κ1) is 14.6. The molecule has 0 heterocycles. The van der Waals surface area contributed by atoms with Gasteiger partial charge < -0.3 is 10.5 Å². The minimum atomic E-state index is 0.0725. The van der Waals surface area contributed by atoms with Gasteiger partial charge in [0.1, 0.15) is 5.75 Å². The molecule has 2 heteroatoms. The van der Waals surface area contributed by atoms with Crippen LogP contribution >= 0.6 is 0 Å². The van der Waals surface area contributed by atoms with E-state index in [1.54, 1.807) is 0 Å². The fraction of sp³-hybridized carbons (Fsp3) is 0.333. The van der Waals surface area contributed by atoms with Gasteiger partial charge >= 0.3 is 0 Å². The third kappa shape index (κ3) is 4.39. The highest BCUT2D eigenvalue weighted by molar-refractivity contribution is 5.29. The minimum Gasteiger partial charge on any atom is -0.491 e. The fourth-order valence-corrected chi connectivity index (χ4v) is 2.20. The van der Waals surface area contributed by atoms with Gasteiger partial charge in [-0.2, -0.15) is 0 Å². The van der Waals surface area contributed by atoms with E-state index in [2.05, 4.69) is 36.4 Å². The van der Waals surface area contributed by atoms with Gasteiger partial charge in [-0.25, -0.2) is 0 Å². The van der Waals surface area contributed by atoms with E-state index in [4.69, 9.17) is 10.5 Å². The molecule has 2 aromatic rings. The highest BCUT2D eigenvalue weighted by Gasteiger charge is 2.07. The number of rotatable bonds is 6. The van der Waals surface area contributed by atoms with Crippen LogP contribution in [0.5, 0.6) is 5.75 Å². The Bertz CT molecular complexity index is 505. The second-order valence-electron chi connectivity index (χ2n) is 5.37. The van der Waals surface area contributed by atoms with Crippen molar-refractivity contribution in [3.63, 3.8) is 0 Å². The van der Waals surface area contributed by atoms with Crippen molar-refractivity contribution in [2.45, 2.75) is 38.8 Å². The second-order valence-corrected chi connectivity index (χ2v) is 5.37. The van der Waals surface area contributed by atoms with Crippen LogP contribution in [0.25, 0.3) is 0 Å². The number of hydrogen-bond acceptors (Lipinski definition) is 2. The van der Waals surface area contributed by atoms with Gasteiger partial charge in [0.05, 0.1) is 6.10 Å². The molecular weight excluding hydrogens is 246 g/mol. The van der Waals surface area contributed by atoms with Crippen molar-refractivity contribution >= 4 is 0 Å². The Balaban J connectivity index is 1.90. The lowest BCUT2D eigenvalue weighted by molar-refractivity contribution is 0.242. The van der Waals surface area contributed by atoms with E-state index < -0.39 is 0 Å². The second kappa shape index (κ2) is 7.11. The van der Waals surface area contributed by atoms with Gasteiger partial charge in [0.25, 0.3) is 0 Å². The van der Waals surface area contributed by atoms with E-state index in [1.807, 2.05) is 32.0 Å². The normalized spacial score (nSPS) is 12.4. The van der Waals surface area contributed by atoms with Crippen LogP contribution in [0.1, 0.15) is 37.4 Å². The molecule has 0 amide bonds. The predicted molar refractivity (Wildman–Crippen MR) is 83.9 cm³/mol. The van der Waals surface area contributed by atoms with Crippen molar-refractivity contribution in [1.29, 1.82) is 0 Å². The van der Waals surface area contributed by atoms with Gasteiger partial charge in [0, 0.05) is 6.04 Å². The van der Waals surface area contributed by atoms with Crippen LogP contribution in [0.3, 0.4) is 0 Å². The molecule has 0 fully saturated rings. The Morgan fingerprint density at radius 1 is 0.950 bits per heavy atom. The summed E-state index contributed by atoms with van der Waals surface area (Å²) < 4.78 is 5.64. The third-order valence-corrected chi connectivity index (χ3v) is 3.27. The van der Waals surface area contributed by atoms with Crippen molar-refractivity contribution in [3.05, 3.63) is 65.7 Å². The molecule has 0 saturated carbocycles. The zero-order chi connectivity index (χ0) is 14.4. The van der Waals surface area contributed by atoms with Crippen LogP contribution in [0, 0.1) is 0 Å². The number of hydrogen-bond donors (Lipinski definition) is 1. The summed E-state index contributed by atoms with van der Waals surface area (Å²) >= 11 is 0. The Labute approximate surface area is 121 Å². The lowest BCUT2D eigenvalue weighted by atomic mass is 10.00. The Kier molecular flexibility index (Phi) is 5.19. The lowest BCUT2D eigenvalue weighted by Gasteiger charge is -2.14. The van der Waals surface area contributed by atoms with Gasteiger partial charge in [-0.3, -0.25) is 0 Å². The van der Waals surface area contributed by atoms with Gasteiger partial charge in [-0.15, -0.1) is 0 Å². The maximum Gasteiger partial charge on any atom is 0.119 e. The van der Waals surface area contributed by atoms with E-state index in [0.29, 0.717) is 0 Å². The summed E-state index contributed by atoms with van der Waals surface area (Å²) in [6.45, 7) is 4.05. The van der Waals surface area contributed by atoms with Crippen molar-refractivity contribution in [1.82, 2.24) is 0 Å². The summed E-state index contributed by atoms with van der Waals surface area (Å²) in [5, 5.41) is 0. The molecule has 0 saturated heterocycles. The van der Waals surface area contributed by atoms with Gasteiger partial charge in [-0.1, -0.05) is 42.5 Å². The number of aryl methyl sites for hydroxylation is 1. The van der Waals surface area contributed by atoms with Crippen LogP contribution in [0.2, 0.25) is 0 Å². The summed E-state index contributed by atoms with van der Waals surface area (Å²) in [6.07, 6.45) is 2.16. The van der Waals surface area contributed by atoms with Crippen molar-refractivity contribution in [2.24, 2.45) is 5.73 Å². The largest absolute Gasteiger partial charge is 0.491 e. The highest BCUT2D eigenvalue weighted by atomic mass is 16.5. The van der Waals surface area contributed by atoms with Gasteiger partial charge in [0.15, 0.2) is 0 Å². The maximum atomic E-state index is 6.25. The molecule has 1 unspecified atom stereocenters. The smallest absolute Gasteiger partial charge is 0.119 e. The molecule has 1 atom stereocenters. The monoisotopic (exact) mass is 269 g/mol. The van der Waals surface area contributed by atoms with Crippen LogP contribution in [0.4, 0.5) is 0 Å². The van der Waals surface area contributed by atoms with E-state index in [9.17, 15) is 0 Å². The predicted octanol–water partition coefficient (Wildman–Crippen LogP) is 4.11. The van der Waals surface area contributed by atoms with E-state index in [-0.39, 0.29) is 12.1 Å². The Morgan fingerprint density at radius 3 is 2.20 bits per heavy atom. The number of nitrogens with two attached hydrogens (primary N) is 1. The third-order valence-electron chi connectivity index (χ3n) is 3.27. The summed E-state index contributed by atoms with van der Waals surface area (Å²) in [6, 6.07) is 18.7. The molecule has 0 spiro atoms. The fourth-order valence-electron chi connectivity index (χ4n) is 2.20. The minimum absolute atomic E-state index is 0.0725. The molecular formula is C18H23NO. The standard InChI is InChI=1S/C18H23NO/c1-14(2)20-17-11-9-16(10-12-17)18(19)13-8-15-6-4-3-5-7-15/h3-7,9-12,14,18H,8,13,19H2,1-2H3. The Hall–Kier alpha value is -1.80. The molecule has 0 aromatic heterocycles. The Morgan fingerprint density at radius 2 is 1.60 bits per heavy atom. The van der Waals surface area contributed by atoms with E-state index in [1.165, 1.54) is 5.56 Å². The van der Waals surface area contributed by atoms with Crippen LogP contribution < -0.4 is 10.5 Å². The maximum absolute atomic E-state index is 6.25. The molecule has 106 valence electrons. The molecule has 0 aliphatic heterocycles. The molecule has 0 radical (unpaired) electrons. The quantitative estimate of drug-likeness (QED) is 0.856. The average molecular weight is 269 g/mol. The zero-order valence-corrected chi connectivity index (χ0v) is 12.3. The van der Waals surface area contributed by atoms with Crippen LogP contribution in [0.15, 0.2) is 54.6 Å². The van der Waals surface area contributed by atoms with Crippen molar-refractivity contribution in [2.75, 3.05) is 0 Å². The first-order valence-corrected chi connectivity index (χ1v) is 7.21. The average Bonchev–Trinajstić information content (AvgIpc) is 2.46. The molecule has 2 nitrogen and oxygen atoms in total. The molecule has 0 bridgehead atoms. The summed E-state index contributed by atoms with van der Waals surface area (Å²) in [5.74, 6) is 0.902. The first-order valence-electron chi connectivity index (χ1n) is 7.21. The molecule has 2 N–H and O–H groups in total. The first-order chi connectivity index (χ1) is 9.65. The molecule has 0 aliphatic carbocycles. The van der Waals surface area contributed by atoms with E-state index in [0.717, 1.165) is 24.2 Å². The topological polar surface area (TPSA) is 35.2 Å². The summed E-state index contributed by atoms with van der Waals surface area (Å²) in [7, 11) is 0. The van der Waals surface area contributed by atoms with Crippen LogP contribution in [-0.2, 0) is 6.42 Å². The summed E-state index contributed by atoms with van der Waals surface area (Å²) in [5.41, 5.74) is 8.75. The van der Waals surface area contributed by atoms with Crippen molar-refractivity contribution < 1.29 is 4.74 Å². The van der Waals surface area contributed by atoms with E-state index >= 15 is 0 Å². The lowest BCUT2D eigenvalue weighted by Crippen LogP contribution is -2.11. The molecule has 0 aliphatic rings.